The Balaban J connectivity index is 1.05. The molecule has 0 unspecified atom stereocenters. The van der Waals surface area contributed by atoms with E-state index >= 15 is 0 Å². The van der Waals surface area contributed by atoms with Crippen LogP contribution < -0.4 is 10.7 Å². The maximum atomic E-state index is 13.0. The second-order valence-corrected chi connectivity index (χ2v) is 12.8. The van der Waals surface area contributed by atoms with Crippen molar-refractivity contribution in [1.82, 2.24) is 29.2 Å². The number of benzene rings is 2. The minimum Gasteiger partial charge on any atom is -0.477 e. The predicted octanol–water partition coefficient (Wildman–Crippen LogP) is 3.66. The molecule has 2 saturated heterocycles. The largest absolute Gasteiger partial charge is 0.477 e. The van der Waals surface area contributed by atoms with Crippen LogP contribution in [0.15, 0.2) is 59.7 Å². The zero-order valence-electron chi connectivity index (χ0n) is 26.1. The van der Waals surface area contributed by atoms with E-state index in [1.165, 1.54) is 29.1 Å². The highest BCUT2D eigenvalue weighted by molar-refractivity contribution is 5.92. The second kappa shape index (κ2) is 12.6. The smallest absolute Gasteiger partial charge is 0.341 e. The van der Waals surface area contributed by atoms with Gasteiger partial charge in [0, 0.05) is 63.0 Å². The van der Waals surface area contributed by atoms with Crippen LogP contribution in [0.4, 0.5) is 11.6 Å². The number of nitrogens with zero attached hydrogens (tertiary/aromatic N) is 6. The second-order valence-electron chi connectivity index (χ2n) is 12.8. The van der Waals surface area contributed by atoms with Crippen LogP contribution in [0.1, 0.15) is 52.2 Å². The predicted molar refractivity (Wildman–Crippen MR) is 176 cm³/mol. The van der Waals surface area contributed by atoms with Gasteiger partial charge in [0.15, 0.2) is 5.65 Å². The summed E-state index contributed by atoms with van der Waals surface area (Å²) in [7, 11) is 2.12. The molecule has 4 aromatic rings. The molecule has 2 aromatic carbocycles. The van der Waals surface area contributed by atoms with Crippen LogP contribution in [0.25, 0.3) is 16.7 Å². The molecule has 46 heavy (non-hydrogen) atoms. The summed E-state index contributed by atoms with van der Waals surface area (Å²) >= 11 is 0. The fourth-order valence-electron chi connectivity index (χ4n) is 6.96. The number of piperazine rings is 1. The third-order valence-electron chi connectivity index (χ3n) is 9.78. The standard InChI is InChI=1S/C35H39N7O4/c1-39-15-17-40(18-16-39)22-31(43)41-13-11-25(12-14-41)24-5-8-27(9-6-24)37-35-36-20-29-32(44)30(34(45)46)21-42(33(29)38-35)28-10-7-23-3-2-4-26(23)19-28/h5-10,19-21,25H,2-4,11-18,22H2,1H3,(H,45,46)(H,36,37,38). The van der Waals surface area contributed by atoms with Gasteiger partial charge in [-0.3, -0.25) is 14.5 Å². The number of carbonyl (C=O) groups excluding carboxylic acids is 1. The Hall–Kier alpha value is -4.61. The van der Waals surface area contributed by atoms with Crippen LogP contribution in [0, 0.1) is 0 Å². The molecule has 238 valence electrons. The number of rotatable bonds is 7. The lowest BCUT2D eigenvalue weighted by molar-refractivity contribution is -0.133. The van der Waals surface area contributed by atoms with Crippen molar-refractivity contribution in [2.24, 2.45) is 0 Å². The van der Waals surface area contributed by atoms with Gasteiger partial charge in [-0.05, 0) is 86.0 Å². The molecule has 3 aliphatic rings. The number of likely N-dealkylation sites (N-methyl/N-ethyl adjacent to an activating group) is 1. The number of carboxylic acids is 1. The van der Waals surface area contributed by atoms with Crippen molar-refractivity contribution in [2.75, 3.05) is 58.2 Å². The molecule has 0 bridgehead atoms. The number of aromatic carboxylic acids is 1. The van der Waals surface area contributed by atoms with Crippen molar-refractivity contribution in [2.45, 2.75) is 38.0 Å². The number of hydrogen-bond donors (Lipinski definition) is 2. The van der Waals surface area contributed by atoms with Gasteiger partial charge >= 0.3 is 5.97 Å². The Kier molecular flexibility index (Phi) is 8.27. The molecule has 4 heterocycles. The van der Waals surface area contributed by atoms with E-state index in [4.69, 9.17) is 0 Å². The molecule has 0 atom stereocenters. The topological polar surface area (TPSA) is 124 Å². The van der Waals surface area contributed by atoms with Gasteiger partial charge < -0.3 is 24.8 Å². The van der Waals surface area contributed by atoms with Crippen LogP contribution >= 0.6 is 0 Å². The number of likely N-dealkylation sites (tertiary alicyclic amines) is 1. The van der Waals surface area contributed by atoms with Gasteiger partial charge in [-0.15, -0.1) is 0 Å². The number of fused-ring (bicyclic) bond motifs is 2. The zero-order chi connectivity index (χ0) is 31.8. The lowest BCUT2D eigenvalue weighted by atomic mass is 9.89. The third kappa shape index (κ3) is 6.12. The summed E-state index contributed by atoms with van der Waals surface area (Å²) in [5.74, 6) is -0.348. The molecule has 1 aliphatic carbocycles. The van der Waals surface area contributed by atoms with E-state index in [-0.39, 0.29) is 16.9 Å². The summed E-state index contributed by atoms with van der Waals surface area (Å²) in [5.41, 5.74) is 4.75. The molecular formula is C35H39N7O4. The summed E-state index contributed by atoms with van der Waals surface area (Å²) < 4.78 is 1.68. The molecular weight excluding hydrogens is 582 g/mol. The molecule has 0 saturated carbocycles. The highest BCUT2D eigenvalue weighted by Gasteiger charge is 2.26. The maximum absolute atomic E-state index is 13.0. The molecule has 2 aromatic heterocycles. The van der Waals surface area contributed by atoms with Crippen molar-refractivity contribution in [1.29, 1.82) is 0 Å². The lowest BCUT2D eigenvalue weighted by Crippen LogP contribution is -2.50. The molecule has 2 N–H and O–H groups in total. The fourth-order valence-corrected chi connectivity index (χ4v) is 6.96. The van der Waals surface area contributed by atoms with Crippen molar-refractivity contribution in [3.63, 3.8) is 0 Å². The molecule has 1 amide bonds. The Morgan fingerprint density at radius 1 is 0.957 bits per heavy atom. The van der Waals surface area contributed by atoms with E-state index in [2.05, 4.69) is 56.4 Å². The number of carbonyl (C=O) groups is 2. The first kappa shape index (κ1) is 30.1. The van der Waals surface area contributed by atoms with E-state index in [0.717, 1.165) is 82.7 Å². The molecule has 0 radical (unpaired) electrons. The highest BCUT2D eigenvalue weighted by Crippen LogP contribution is 2.30. The Morgan fingerprint density at radius 2 is 1.70 bits per heavy atom. The van der Waals surface area contributed by atoms with E-state index in [1.54, 1.807) is 4.57 Å². The molecule has 2 fully saturated rings. The average molecular weight is 622 g/mol. The molecule has 7 rings (SSSR count). The summed E-state index contributed by atoms with van der Waals surface area (Å²) in [6, 6.07) is 14.3. The molecule has 11 heteroatoms. The Labute approximate surface area is 267 Å². The first-order chi connectivity index (χ1) is 22.3. The normalized spacial score (nSPS) is 17.7. The Bertz CT molecular complexity index is 1840. The first-order valence-electron chi connectivity index (χ1n) is 16.2. The number of anilines is 2. The number of nitrogens with one attached hydrogen (secondary N) is 1. The van der Waals surface area contributed by atoms with Crippen LogP contribution in [0.2, 0.25) is 0 Å². The quantitative estimate of drug-likeness (QED) is 0.318. The summed E-state index contributed by atoms with van der Waals surface area (Å²) in [6.07, 6.45) is 7.73. The summed E-state index contributed by atoms with van der Waals surface area (Å²) in [6.45, 7) is 5.98. The van der Waals surface area contributed by atoms with Gasteiger partial charge in [0.25, 0.3) is 0 Å². The summed E-state index contributed by atoms with van der Waals surface area (Å²) in [5, 5.41) is 13.1. The van der Waals surface area contributed by atoms with E-state index in [1.807, 2.05) is 23.1 Å². The average Bonchev–Trinajstić information content (AvgIpc) is 3.54. The number of pyridine rings is 1. The molecule has 11 nitrogen and oxygen atoms in total. The molecule has 0 spiro atoms. The summed E-state index contributed by atoms with van der Waals surface area (Å²) in [4.78, 5) is 53.5. The van der Waals surface area contributed by atoms with Gasteiger partial charge in [-0.1, -0.05) is 18.2 Å². The molecule has 2 aliphatic heterocycles. The van der Waals surface area contributed by atoms with E-state index in [0.29, 0.717) is 24.1 Å². The van der Waals surface area contributed by atoms with E-state index in [9.17, 15) is 19.5 Å². The zero-order valence-corrected chi connectivity index (χ0v) is 26.1. The first-order valence-corrected chi connectivity index (χ1v) is 16.2. The van der Waals surface area contributed by atoms with Crippen molar-refractivity contribution >= 4 is 34.5 Å². The maximum Gasteiger partial charge on any atom is 0.341 e. The highest BCUT2D eigenvalue weighted by atomic mass is 16.4. The van der Waals surface area contributed by atoms with Gasteiger partial charge in [-0.25, -0.2) is 9.78 Å². The number of amides is 1. The minimum absolute atomic E-state index is 0.148. The number of carboxylic acid groups (broad SMARTS) is 1. The van der Waals surface area contributed by atoms with Crippen LogP contribution in [0.3, 0.4) is 0 Å². The van der Waals surface area contributed by atoms with Crippen molar-refractivity contribution in [3.8, 4) is 5.69 Å². The van der Waals surface area contributed by atoms with Gasteiger partial charge in [0.05, 0.1) is 11.9 Å². The van der Waals surface area contributed by atoms with Crippen LogP contribution in [-0.2, 0) is 17.6 Å². The van der Waals surface area contributed by atoms with E-state index < -0.39 is 11.4 Å². The van der Waals surface area contributed by atoms with Gasteiger partial charge in [0.1, 0.15) is 5.56 Å². The fraction of sp³-hybridized carbons (Fsp3) is 0.400. The third-order valence-corrected chi connectivity index (χ3v) is 9.78. The van der Waals surface area contributed by atoms with Gasteiger partial charge in [0.2, 0.25) is 17.3 Å². The van der Waals surface area contributed by atoms with Crippen molar-refractivity contribution in [3.05, 3.63) is 87.3 Å². The Morgan fingerprint density at radius 3 is 2.43 bits per heavy atom. The van der Waals surface area contributed by atoms with Crippen LogP contribution in [0.5, 0.6) is 0 Å². The lowest BCUT2D eigenvalue weighted by Gasteiger charge is -2.36. The number of hydrogen-bond acceptors (Lipinski definition) is 8. The monoisotopic (exact) mass is 621 g/mol. The SMILES string of the molecule is CN1CCN(CC(=O)N2CCC(c3ccc(Nc4ncc5c(=O)c(C(=O)O)cn(-c6ccc7c(c6)CCC7)c5n4)cc3)CC2)CC1. The van der Waals surface area contributed by atoms with Crippen molar-refractivity contribution < 1.29 is 14.7 Å². The number of aryl methyl sites for hydroxylation is 2. The minimum atomic E-state index is -1.29. The number of piperidine rings is 1. The number of aromatic nitrogens is 3. The van der Waals surface area contributed by atoms with Gasteiger partial charge in [-0.2, -0.15) is 4.98 Å². The van der Waals surface area contributed by atoms with Crippen LogP contribution in [-0.4, -0.2) is 99.1 Å².